The third-order valence-corrected chi connectivity index (χ3v) is 7.28. The summed E-state index contributed by atoms with van der Waals surface area (Å²) in [5, 5.41) is 1.13. The van der Waals surface area contributed by atoms with Gasteiger partial charge in [-0.3, -0.25) is 4.79 Å². The van der Waals surface area contributed by atoms with Crippen molar-refractivity contribution in [2.75, 3.05) is 31.1 Å². The molecular weight excluding hydrogens is 386 g/mol. The maximum absolute atomic E-state index is 12.9. The van der Waals surface area contributed by atoms with E-state index in [1.54, 1.807) is 12.1 Å². The highest BCUT2D eigenvalue weighted by Crippen LogP contribution is 2.25. The highest BCUT2D eigenvalue weighted by atomic mass is 32.2. The second-order valence-corrected chi connectivity index (χ2v) is 9.22. The summed E-state index contributed by atoms with van der Waals surface area (Å²) in [4.78, 5) is 18.5. The van der Waals surface area contributed by atoms with E-state index in [1.165, 1.54) is 23.4 Å². The first kappa shape index (κ1) is 19.5. The second-order valence-electron chi connectivity index (χ2n) is 7.29. The Morgan fingerprint density at radius 1 is 0.966 bits per heavy atom. The number of piperazine rings is 1. The molecular formula is C22H23N3O3S. The predicted octanol–water partition coefficient (Wildman–Crippen LogP) is 3.26. The van der Waals surface area contributed by atoms with E-state index >= 15 is 0 Å². The summed E-state index contributed by atoms with van der Waals surface area (Å²) in [6.07, 6.45) is 0. The van der Waals surface area contributed by atoms with Crippen LogP contribution < -0.4 is 4.90 Å². The zero-order valence-electron chi connectivity index (χ0n) is 16.5. The third kappa shape index (κ3) is 3.75. The van der Waals surface area contributed by atoms with Gasteiger partial charge in [0.15, 0.2) is 5.78 Å². The number of fused-ring (bicyclic) bond motifs is 1. The molecule has 0 saturated carbocycles. The van der Waals surface area contributed by atoms with Crippen LogP contribution in [-0.4, -0.2) is 49.7 Å². The first-order valence-electron chi connectivity index (χ1n) is 9.59. The van der Waals surface area contributed by atoms with Crippen molar-refractivity contribution < 1.29 is 13.2 Å². The Morgan fingerprint density at radius 3 is 2.28 bits per heavy atom. The van der Waals surface area contributed by atoms with Gasteiger partial charge in [0.05, 0.1) is 10.4 Å². The van der Waals surface area contributed by atoms with Gasteiger partial charge in [0.25, 0.3) is 0 Å². The first-order chi connectivity index (χ1) is 13.9. The van der Waals surface area contributed by atoms with Gasteiger partial charge in [-0.25, -0.2) is 13.4 Å². The number of hydrogen-bond donors (Lipinski definition) is 0. The number of hydrogen-bond acceptors (Lipinski definition) is 5. The molecule has 1 aliphatic rings. The van der Waals surface area contributed by atoms with E-state index in [2.05, 4.69) is 24.0 Å². The summed E-state index contributed by atoms with van der Waals surface area (Å²) >= 11 is 0. The molecule has 2 aromatic carbocycles. The minimum absolute atomic E-state index is 0.0826. The summed E-state index contributed by atoms with van der Waals surface area (Å²) in [6, 6.07) is 16.2. The molecule has 0 unspecified atom stereocenters. The van der Waals surface area contributed by atoms with E-state index in [1.807, 2.05) is 18.2 Å². The number of rotatable bonds is 4. The molecule has 1 aliphatic heterocycles. The number of pyridine rings is 1. The van der Waals surface area contributed by atoms with E-state index in [0.717, 1.165) is 22.3 Å². The van der Waals surface area contributed by atoms with Gasteiger partial charge in [-0.1, -0.05) is 30.3 Å². The number of anilines is 1. The molecule has 0 N–H and O–H groups in total. The van der Waals surface area contributed by atoms with Gasteiger partial charge in [-0.15, -0.1) is 0 Å². The lowest BCUT2D eigenvalue weighted by atomic mass is 10.1. The van der Waals surface area contributed by atoms with Crippen LogP contribution >= 0.6 is 0 Å². The predicted molar refractivity (Wildman–Crippen MR) is 114 cm³/mol. The van der Waals surface area contributed by atoms with Crippen LogP contribution in [0.1, 0.15) is 22.8 Å². The van der Waals surface area contributed by atoms with Crippen molar-refractivity contribution in [1.82, 2.24) is 9.29 Å². The van der Waals surface area contributed by atoms with Crippen molar-refractivity contribution in [2.45, 2.75) is 18.7 Å². The van der Waals surface area contributed by atoms with E-state index in [9.17, 15) is 13.2 Å². The normalized spacial score (nSPS) is 15.6. The van der Waals surface area contributed by atoms with Gasteiger partial charge in [0.2, 0.25) is 10.0 Å². The van der Waals surface area contributed by atoms with Crippen molar-refractivity contribution in [3.63, 3.8) is 0 Å². The fourth-order valence-corrected chi connectivity index (χ4v) is 5.08. The van der Waals surface area contributed by atoms with Gasteiger partial charge in [-0.05, 0) is 43.7 Å². The molecule has 7 heteroatoms. The Hall–Kier alpha value is -2.77. The Bertz CT molecular complexity index is 1170. The third-order valence-electron chi connectivity index (χ3n) is 5.37. The number of carbonyl (C=O) groups excluding carboxylic acids is 1. The van der Waals surface area contributed by atoms with E-state index in [-0.39, 0.29) is 10.7 Å². The summed E-state index contributed by atoms with van der Waals surface area (Å²) in [7, 11) is -3.58. The molecule has 6 nitrogen and oxygen atoms in total. The average Bonchev–Trinajstić information content (AvgIpc) is 2.74. The largest absolute Gasteiger partial charge is 0.354 e. The molecule has 1 fully saturated rings. The molecule has 0 atom stereocenters. The zero-order valence-corrected chi connectivity index (χ0v) is 17.3. The van der Waals surface area contributed by atoms with Crippen molar-refractivity contribution in [3.8, 4) is 0 Å². The van der Waals surface area contributed by atoms with Crippen LogP contribution in [0.3, 0.4) is 0 Å². The first-order valence-corrected chi connectivity index (χ1v) is 11.0. The molecule has 29 heavy (non-hydrogen) atoms. The van der Waals surface area contributed by atoms with Gasteiger partial charge >= 0.3 is 0 Å². The molecule has 150 valence electrons. The summed E-state index contributed by atoms with van der Waals surface area (Å²) in [5.41, 5.74) is 2.61. The minimum Gasteiger partial charge on any atom is -0.354 e. The fraction of sp³-hybridized carbons (Fsp3) is 0.273. The Balaban J connectivity index is 1.51. The second kappa shape index (κ2) is 7.57. The lowest BCUT2D eigenvalue weighted by molar-refractivity contribution is 0.101. The molecule has 0 bridgehead atoms. The molecule has 0 aliphatic carbocycles. The fourth-order valence-electron chi connectivity index (χ4n) is 3.66. The van der Waals surface area contributed by atoms with Crippen LogP contribution in [0.5, 0.6) is 0 Å². The molecule has 3 aromatic rings. The lowest BCUT2D eigenvalue weighted by Crippen LogP contribution is -2.48. The molecule has 0 spiro atoms. The maximum Gasteiger partial charge on any atom is 0.243 e. The SMILES string of the molecule is CC(=O)c1ccc(S(=O)(=O)N2CCN(c3cc(C)c4ccccc4n3)CC2)cc1. The minimum atomic E-state index is -3.58. The van der Waals surface area contributed by atoms with Crippen LogP contribution in [0.2, 0.25) is 0 Å². The smallest absolute Gasteiger partial charge is 0.243 e. The molecule has 1 aromatic heterocycles. The van der Waals surface area contributed by atoms with Gasteiger partial charge in [0.1, 0.15) is 5.82 Å². The van der Waals surface area contributed by atoms with Crippen molar-refractivity contribution >= 4 is 32.5 Å². The quantitative estimate of drug-likeness (QED) is 0.619. The number of Topliss-reactive ketones (excluding diaryl/α,β-unsaturated/α-hetero) is 1. The highest BCUT2D eigenvalue weighted by Gasteiger charge is 2.29. The number of para-hydroxylation sites is 1. The molecule has 2 heterocycles. The van der Waals surface area contributed by atoms with Crippen LogP contribution in [0.25, 0.3) is 10.9 Å². The van der Waals surface area contributed by atoms with Crippen LogP contribution in [-0.2, 0) is 10.0 Å². The number of aromatic nitrogens is 1. The lowest BCUT2D eigenvalue weighted by Gasteiger charge is -2.35. The number of ketones is 1. The van der Waals surface area contributed by atoms with Gasteiger partial charge < -0.3 is 4.90 Å². The Labute approximate surface area is 170 Å². The van der Waals surface area contributed by atoms with Crippen molar-refractivity contribution in [1.29, 1.82) is 0 Å². The van der Waals surface area contributed by atoms with Crippen LogP contribution in [0, 0.1) is 6.92 Å². The van der Waals surface area contributed by atoms with Crippen LogP contribution in [0.4, 0.5) is 5.82 Å². The maximum atomic E-state index is 12.9. The van der Waals surface area contributed by atoms with Gasteiger partial charge in [0, 0.05) is 37.1 Å². The number of aryl methyl sites for hydroxylation is 1. The van der Waals surface area contributed by atoms with Crippen LogP contribution in [0.15, 0.2) is 59.5 Å². The topological polar surface area (TPSA) is 70.6 Å². The molecule has 4 rings (SSSR count). The molecule has 0 amide bonds. The summed E-state index contributed by atoms with van der Waals surface area (Å²) < 4.78 is 27.4. The van der Waals surface area contributed by atoms with E-state index < -0.39 is 10.0 Å². The Kier molecular flexibility index (Phi) is 5.10. The highest BCUT2D eigenvalue weighted by molar-refractivity contribution is 7.89. The summed E-state index contributed by atoms with van der Waals surface area (Å²) in [5.74, 6) is 0.796. The summed E-state index contributed by atoms with van der Waals surface area (Å²) in [6.45, 7) is 5.48. The van der Waals surface area contributed by atoms with Crippen molar-refractivity contribution in [3.05, 3.63) is 65.7 Å². The number of sulfonamides is 1. The Morgan fingerprint density at radius 2 is 1.62 bits per heavy atom. The number of benzene rings is 2. The molecule has 1 saturated heterocycles. The average molecular weight is 410 g/mol. The molecule has 0 radical (unpaired) electrons. The standard InChI is InChI=1S/C22H23N3O3S/c1-16-15-22(23-21-6-4-3-5-20(16)21)24-11-13-25(14-12-24)29(27,28)19-9-7-18(8-10-19)17(2)26/h3-10,15H,11-14H2,1-2H3. The van der Waals surface area contributed by atoms with Crippen molar-refractivity contribution in [2.24, 2.45) is 0 Å². The number of nitrogens with zero attached hydrogens (tertiary/aromatic N) is 3. The van der Waals surface area contributed by atoms with E-state index in [4.69, 9.17) is 4.98 Å². The van der Waals surface area contributed by atoms with E-state index in [0.29, 0.717) is 31.7 Å². The monoisotopic (exact) mass is 409 g/mol. The number of carbonyl (C=O) groups is 1. The zero-order chi connectivity index (χ0) is 20.6. The van der Waals surface area contributed by atoms with Gasteiger partial charge in [-0.2, -0.15) is 4.31 Å².